The molecule has 136 valence electrons. The van der Waals surface area contributed by atoms with Gasteiger partial charge in [0.15, 0.2) is 0 Å². The lowest BCUT2D eigenvalue weighted by Crippen LogP contribution is -2.04. The molecule has 0 aromatic heterocycles. The second-order valence-electron chi connectivity index (χ2n) is 6.28. The van der Waals surface area contributed by atoms with Crippen molar-refractivity contribution >= 4 is 5.97 Å². The Balaban J connectivity index is 2.38. The minimum Gasteiger partial charge on any atom is -0.466 e. The maximum atomic E-state index is 10.8. The zero-order valence-corrected chi connectivity index (χ0v) is 15.1. The molecule has 1 unspecified atom stereocenters. The maximum absolute atomic E-state index is 10.8. The Hall–Kier alpha value is -1.39. The molecule has 0 heterocycles. The average Bonchev–Trinajstić information content (AvgIpc) is 2.56. The molecule has 0 spiro atoms. The summed E-state index contributed by atoms with van der Waals surface area (Å²) in [5.41, 5.74) is 2.68. The van der Waals surface area contributed by atoms with Crippen molar-refractivity contribution in [1.82, 2.24) is 0 Å². The van der Waals surface area contributed by atoms with E-state index in [0.717, 1.165) is 38.5 Å². The van der Waals surface area contributed by atoms with Crippen molar-refractivity contribution in [2.75, 3.05) is 26.4 Å². The minimum absolute atomic E-state index is 0.0916. The van der Waals surface area contributed by atoms with E-state index in [1.807, 2.05) is 0 Å². The summed E-state index contributed by atoms with van der Waals surface area (Å²) in [5.74, 6) is 0.341. The fourth-order valence-corrected chi connectivity index (χ4v) is 2.79. The summed E-state index contributed by atoms with van der Waals surface area (Å²) < 4.78 is 10.3. The van der Waals surface area contributed by atoms with Crippen LogP contribution in [0.15, 0.2) is 24.3 Å². The number of carbonyl (C=O) groups excluding carboxylic acids is 1. The minimum atomic E-state index is -0.201. The first-order valence-electron chi connectivity index (χ1n) is 9.02. The quantitative estimate of drug-likeness (QED) is 0.437. The number of hydrogen-bond acceptors (Lipinski definition) is 4. The third kappa shape index (κ3) is 9.68. The van der Waals surface area contributed by atoms with E-state index in [1.165, 1.54) is 18.1 Å². The predicted molar refractivity (Wildman–Crippen MR) is 96.2 cm³/mol. The summed E-state index contributed by atoms with van der Waals surface area (Å²) in [4.78, 5) is 10.8. The van der Waals surface area contributed by atoms with E-state index in [0.29, 0.717) is 25.7 Å². The summed E-state index contributed by atoms with van der Waals surface area (Å²) in [6, 6.07) is 8.81. The Morgan fingerprint density at radius 1 is 1.00 bits per heavy atom. The van der Waals surface area contributed by atoms with Crippen molar-refractivity contribution in [2.45, 2.75) is 58.3 Å². The van der Waals surface area contributed by atoms with Crippen LogP contribution < -0.4 is 0 Å². The van der Waals surface area contributed by atoms with E-state index in [9.17, 15) is 4.79 Å². The van der Waals surface area contributed by atoms with Crippen LogP contribution in [-0.4, -0.2) is 37.5 Å². The molecule has 1 atom stereocenters. The van der Waals surface area contributed by atoms with Crippen LogP contribution in [0.3, 0.4) is 0 Å². The largest absolute Gasteiger partial charge is 0.466 e. The molecule has 24 heavy (non-hydrogen) atoms. The first-order chi connectivity index (χ1) is 11.6. The number of aryl methyl sites for hydroxylation is 1. The van der Waals surface area contributed by atoms with Gasteiger partial charge in [-0.25, -0.2) is 0 Å². The molecule has 1 aromatic rings. The fourth-order valence-electron chi connectivity index (χ4n) is 2.79. The highest BCUT2D eigenvalue weighted by Crippen LogP contribution is 2.28. The van der Waals surface area contributed by atoms with Crippen LogP contribution in [0.2, 0.25) is 0 Å². The van der Waals surface area contributed by atoms with Gasteiger partial charge in [0, 0.05) is 13.5 Å². The van der Waals surface area contributed by atoms with Crippen LogP contribution >= 0.6 is 0 Å². The smallest absolute Gasteiger partial charge is 0.302 e. The summed E-state index contributed by atoms with van der Waals surface area (Å²) in [7, 11) is 0. The van der Waals surface area contributed by atoms with Gasteiger partial charge >= 0.3 is 5.97 Å². The van der Waals surface area contributed by atoms with Gasteiger partial charge in [-0.05, 0) is 50.5 Å². The molecule has 0 aliphatic heterocycles. The lowest BCUT2D eigenvalue weighted by Gasteiger charge is -2.18. The molecule has 4 nitrogen and oxygen atoms in total. The van der Waals surface area contributed by atoms with Gasteiger partial charge in [0.2, 0.25) is 0 Å². The molecule has 0 fully saturated rings. The van der Waals surface area contributed by atoms with Gasteiger partial charge < -0.3 is 14.6 Å². The van der Waals surface area contributed by atoms with Gasteiger partial charge in [-0.1, -0.05) is 36.2 Å². The van der Waals surface area contributed by atoms with Gasteiger partial charge in [0.05, 0.1) is 19.8 Å². The summed E-state index contributed by atoms with van der Waals surface area (Å²) in [6.07, 6.45) is 6.37. The topological polar surface area (TPSA) is 55.8 Å². The maximum Gasteiger partial charge on any atom is 0.302 e. The first kappa shape index (κ1) is 20.7. The van der Waals surface area contributed by atoms with E-state index >= 15 is 0 Å². The molecule has 1 aromatic carbocycles. The number of rotatable bonds is 13. The van der Waals surface area contributed by atoms with Crippen LogP contribution in [0.1, 0.15) is 62.5 Å². The molecule has 0 saturated carbocycles. The second-order valence-corrected chi connectivity index (χ2v) is 6.28. The Morgan fingerprint density at radius 2 is 1.62 bits per heavy atom. The monoisotopic (exact) mass is 336 g/mol. The highest BCUT2D eigenvalue weighted by atomic mass is 16.5. The molecule has 1 N–H and O–H groups in total. The Bertz CT molecular complexity index is 441. The van der Waals surface area contributed by atoms with Crippen LogP contribution in [0.5, 0.6) is 0 Å². The van der Waals surface area contributed by atoms with E-state index in [2.05, 4.69) is 31.2 Å². The Labute approximate surface area is 146 Å². The summed E-state index contributed by atoms with van der Waals surface area (Å²) in [6.45, 7) is 5.31. The molecule has 0 aliphatic carbocycles. The van der Waals surface area contributed by atoms with Crippen LogP contribution in [0, 0.1) is 6.92 Å². The van der Waals surface area contributed by atoms with Crippen molar-refractivity contribution in [3.05, 3.63) is 35.4 Å². The van der Waals surface area contributed by atoms with Crippen LogP contribution in [0.4, 0.5) is 0 Å². The van der Waals surface area contributed by atoms with Gasteiger partial charge in [0.25, 0.3) is 0 Å². The highest BCUT2D eigenvalue weighted by molar-refractivity contribution is 5.65. The Morgan fingerprint density at radius 3 is 2.21 bits per heavy atom. The average molecular weight is 336 g/mol. The molecular formula is C20H32O4. The summed E-state index contributed by atoms with van der Waals surface area (Å²) in [5, 5.41) is 8.70. The normalized spacial score (nSPS) is 12.1. The predicted octanol–water partition coefficient (Wildman–Crippen LogP) is 3.99. The zero-order valence-electron chi connectivity index (χ0n) is 15.1. The van der Waals surface area contributed by atoms with Gasteiger partial charge in [-0.15, -0.1) is 0 Å². The third-order valence-electron chi connectivity index (χ3n) is 4.13. The standard InChI is InChI=1S/C20H32O4/c1-17-9-11-20(12-10-17)19(7-3-5-14-23-16-13-21)8-4-6-15-24-18(2)22/h9-12,19,21H,3-8,13-16H2,1-2H3. The fraction of sp³-hybridized carbons (Fsp3) is 0.650. The van der Waals surface area contributed by atoms with E-state index in [1.54, 1.807) is 0 Å². The van der Waals surface area contributed by atoms with Gasteiger partial charge in [-0.3, -0.25) is 4.79 Å². The van der Waals surface area contributed by atoms with Crippen molar-refractivity contribution in [3.8, 4) is 0 Å². The van der Waals surface area contributed by atoms with Crippen LogP contribution in [0.25, 0.3) is 0 Å². The molecule has 0 aliphatic rings. The van der Waals surface area contributed by atoms with Crippen molar-refractivity contribution in [1.29, 1.82) is 0 Å². The van der Waals surface area contributed by atoms with Crippen molar-refractivity contribution < 1.29 is 19.4 Å². The first-order valence-corrected chi connectivity index (χ1v) is 9.02. The molecule has 0 saturated heterocycles. The number of hydrogen-bond donors (Lipinski definition) is 1. The van der Waals surface area contributed by atoms with E-state index in [-0.39, 0.29) is 12.6 Å². The second kappa shape index (κ2) is 13.0. The number of benzene rings is 1. The highest BCUT2D eigenvalue weighted by Gasteiger charge is 2.11. The number of ether oxygens (including phenoxy) is 2. The molecule has 0 radical (unpaired) electrons. The molecule has 0 bridgehead atoms. The number of aliphatic hydroxyl groups is 1. The molecule has 0 amide bonds. The van der Waals surface area contributed by atoms with Crippen molar-refractivity contribution in [2.24, 2.45) is 0 Å². The summed E-state index contributed by atoms with van der Waals surface area (Å²) >= 11 is 0. The lowest BCUT2D eigenvalue weighted by molar-refractivity contribution is -0.141. The van der Waals surface area contributed by atoms with E-state index < -0.39 is 0 Å². The molecule has 1 rings (SSSR count). The van der Waals surface area contributed by atoms with Crippen molar-refractivity contribution in [3.63, 3.8) is 0 Å². The number of carbonyl (C=O) groups is 1. The third-order valence-corrected chi connectivity index (χ3v) is 4.13. The van der Waals surface area contributed by atoms with Gasteiger partial charge in [0.1, 0.15) is 0 Å². The zero-order chi connectivity index (χ0) is 17.6. The van der Waals surface area contributed by atoms with Crippen LogP contribution in [-0.2, 0) is 14.3 Å². The molecule has 4 heteroatoms. The number of aliphatic hydroxyl groups excluding tert-OH is 1. The lowest BCUT2D eigenvalue weighted by atomic mass is 9.88. The Kier molecular flexibility index (Phi) is 11.2. The number of esters is 1. The van der Waals surface area contributed by atoms with E-state index in [4.69, 9.17) is 14.6 Å². The molecular weight excluding hydrogens is 304 g/mol. The number of unbranched alkanes of at least 4 members (excludes halogenated alkanes) is 2. The SMILES string of the molecule is CC(=O)OCCCCC(CCCCOCCO)c1ccc(C)cc1. The van der Waals surface area contributed by atoms with Gasteiger partial charge in [-0.2, -0.15) is 0 Å².